The van der Waals surface area contributed by atoms with Crippen LogP contribution in [-0.2, 0) is 0 Å². The molecule has 2 rings (SSSR count). The first-order chi connectivity index (χ1) is 8.88. The topological polar surface area (TPSA) is 30.5 Å². The first-order valence-electron chi connectivity index (χ1n) is 6.86. The van der Waals surface area contributed by atoms with Gasteiger partial charge in [-0.1, -0.05) is 19.3 Å². The number of ether oxygens (including phenoxy) is 2. The Labute approximate surface area is 109 Å². The van der Waals surface area contributed by atoms with Crippen LogP contribution >= 0.6 is 0 Å². The first kappa shape index (κ1) is 13.2. The van der Waals surface area contributed by atoms with Gasteiger partial charge in [0.1, 0.15) is 18.1 Å². The molecule has 1 fully saturated rings. The van der Waals surface area contributed by atoms with E-state index >= 15 is 0 Å². The highest BCUT2D eigenvalue weighted by Crippen LogP contribution is 2.28. The van der Waals surface area contributed by atoms with E-state index in [0.717, 1.165) is 37.1 Å². The molecule has 3 nitrogen and oxygen atoms in total. The van der Waals surface area contributed by atoms with Gasteiger partial charge in [-0.3, -0.25) is 0 Å². The Morgan fingerprint density at radius 1 is 1.11 bits per heavy atom. The zero-order valence-electron chi connectivity index (χ0n) is 11.2. The van der Waals surface area contributed by atoms with Gasteiger partial charge in [-0.15, -0.1) is 0 Å². The normalized spacial score (nSPS) is 15.2. The molecule has 0 atom stereocenters. The summed E-state index contributed by atoms with van der Waals surface area (Å²) in [5.41, 5.74) is 0. The van der Waals surface area contributed by atoms with E-state index in [1.54, 1.807) is 7.11 Å². The molecule has 1 N–H and O–H groups in total. The molecule has 1 saturated carbocycles. The third-order valence-electron chi connectivity index (χ3n) is 3.56. The van der Waals surface area contributed by atoms with Crippen molar-refractivity contribution in [1.29, 1.82) is 0 Å². The average Bonchev–Trinajstić information content (AvgIpc) is 2.36. The molecule has 0 aromatic heterocycles. The van der Waals surface area contributed by atoms with Crippen LogP contribution in [0.5, 0.6) is 11.5 Å². The van der Waals surface area contributed by atoms with Gasteiger partial charge in [-0.2, -0.15) is 0 Å². The molecular weight excluding hydrogens is 226 g/mol. The summed E-state index contributed by atoms with van der Waals surface area (Å²) in [5, 5.41) is 3.43. The number of rotatable bonds is 8. The lowest BCUT2D eigenvalue weighted by Gasteiger charge is -2.25. The smallest absolute Gasteiger partial charge is 0.119 e. The summed E-state index contributed by atoms with van der Waals surface area (Å²) < 4.78 is 10.7. The second-order valence-corrected chi connectivity index (χ2v) is 4.86. The van der Waals surface area contributed by atoms with E-state index in [1.807, 2.05) is 24.3 Å². The van der Waals surface area contributed by atoms with Gasteiger partial charge in [0, 0.05) is 6.54 Å². The summed E-state index contributed by atoms with van der Waals surface area (Å²) in [7, 11) is 1.67. The highest BCUT2D eigenvalue weighted by molar-refractivity contribution is 5.31. The van der Waals surface area contributed by atoms with Crippen LogP contribution in [0.3, 0.4) is 0 Å². The molecule has 1 aliphatic rings. The predicted octanol–water partition coefficient (Wildman–Crippen LogP) is 2.85. The van der Waals surface area contributed by atoms with Crippen molar-refractivity contribution in [2.45, 2.75) is 25.7 Å². The van der Waals surface area contributed by atoms with E-state index in [0.29, 0.717) is 0 Å². The summed E-state index contributed by atoms with van der Waals surface area (Å²) in [6, 6.07) is 7.71. The van der Waals surface area contributed by atoms with E-state index in [9.17, 15) is 0 Å². The molecule has 1 aromatic rings. The van der Waals surface area contributed by atoms with Crippen LogP contribution in [0.15, 0.2) is 24.3 Å². The summed E-state index contributed by atoms with van der Waals surface area (Å²) in [5.74, 6) is 2.75. The molecule has 0 amide bonds. The Morgan fingerprint density at radius 2 is 1.83 bits per heavy atom. The number of methoxy groups -OCH3 is 1. The molecular formula is C15H23NO2. The third-order valence-corrected chi connectivity index (χ3v) is 3.56. The van der Waals surface area contributed by atoms with Crippen molar-refractivity contribution in [3.05, 3.63) is 24.3 Å². The maximum Gasteiger partial charge on any atom is 0.119 e. The van der Waals surface area contributed by atoms with Gasteiger partial charge in [0.05, 0.1) is 7.11 Å². The van der Waals surface area contributed by atoms with Crippen molar-refractivity contribution in [2.24, 2.45) is 5.92 Å². The monoisotopic (exact) mass is 249 g/mol. The molecule has 0 radical (unpaired) electrons. The van der Waals surface area contributed by atoms with Gasteiger partial charge in [0.15, 0.2) is 0 Å². The predicted molar refractivity (Wildman–Crippen MR) is 73.3 cm³/mol. The van der Waals surface area contributed by atoms with Gasteiger partial charge in [0.25, 0.3) is 0 Å². The fourth-order valence-electron chi connectivity index (χ4n) is 2.13. The lowest BCUT2D eigenvalue weighted by atomic mass is 9.83. The zero-order valence-corrected chi connectivity index (χ0v) is 11.2. The number of nitrogens with one attached hydrogen (secondary N) is 1. The van der Waals surface area contributed by atoms with E-state index in [-0.39, 0.29) is 0 Å². The minimum Gasteiger partial charge on any atom is -0.497 e. The molecule has 0 unspecified atom stereocenters. The number of hydrogen-bond donors (Lipinski definition) is 1. The standard InChI is InChI=1S/C15H23NO2/c1-17-14-5-7-15(8-6-14)18-12-11-16-10-9-13-3-2-4-13/h5-8,13,16H,2-4,9-12H2,1H3. The van der Waals surface area contributed by atoms with Crippen LogP contribution in [0.4, 0.5) is 0 Å². The van der Waals surface area contributed by atoms with Gasteiger partial charge in [0.2, 0.25) is 0 Å². The number of hydrogen-bond acceptors (Lipinski definition) is 3. The number of benzene rings is 1. The highest BCUT2D eigenvalue weighted by Gasteiger charge is 2.15. The van der Waals surface area contributed by atoms with Crippen molar-refractivity contribution in [2.75, 3.05) is 26.8 Å². The third kappa shape index (κ3) is 4.22. The molecule has 1 aromatic carbocycles. The summed E-state index contributed by atoms with van der Waals surface area (Å²) >= 11 is 0. The highest BCUT2D eigenvalue weighted by atomic mass is 16.5. The maximum atomic E-state index is 5.63. The van der Waals surface area contributed by atoms with Gasteiger partial charge in [-0.25, -0.2) is 0 Å². The molecule has 18 heavy (non-hydrogen) atoms. The molecule has 0 heterocycles. The largest absolute Gasteiger partial charge is 0.497 e. The lowest BCUT2D eigenvalue weighted by Crippen LogP contribution is -2.25. The van der Waals surface area contributed by atoms with Crippen LogP contribution in [0.1, 0.15) is 25.7 Å². The SMILES string of the molecule is COc1ccc(OCCNCCC2CCC2)cc1. The molecule has 100 valence electrons. The molecule has 3 heteroatoms. The van der Waals surface area contributed by atoms with E-state index in [2.05, 4.69) is 5.32 Å². The minimum atomic E-state index is 0.719. The molecule has 0 aliphatic heterocycles. The van der Waals surface area contributed by atoms with Crippen molar-refractivity contribution in [3.63, 3.8) is 0 Å². The van der Waals surface area contributed by atoms with Crippen molar-refractivity contribution >= 4 is 0 Å². The maximum absolute atomic E-state index is 5.63. The van der Waals surface area contributed by atoms with Crippen LogP contribution in [0.2, 0.25) is 0 Å². The summed E-state index contributed by atoms with van der Waals surface area (Å²) in [6.45, 7) is 2.76. The second-order valence-electron chi connectivity index (χ2n) is 4.86. The van der Waals surface area contributed by atoms with Crippen molar-refractivity contribution in [3.8, 4) is 11.5 Å². The van der Waals surface area contributed by atoms with Gasteiger partial charge >= 0.3 is 0 Å². The lowest BCUT2D eigenvalue weighted by molar-refractivity contribution is 0.280. The van der Waals surface area contributed by atoms with Crippen LogP contribution < -0.4 is 14.8 Å². The van der Waals surface area contributed by atoms with Crippen LogP contribution in [0.25, 0.3) is 0 Å². The summed E-state index contributed by atoms with van der Waals surface area (Å²) in [6.07, 6.45) is 5.63. The van der Waals surface area contributed by atoms with Gasteiger partial charge < -0.3 is 14.8 Å². The molecule has 0 spiro atoms. The first-order valence-corrected chi connectivity index (χ1v) is 6.86. The fourth-order valence-corrected chi connectivity index (χ4v) is 2.13. The Hall–Kier alpha value is -1.22. The van der Waals surface area contributed by atoms with Crippen molar-refractivity contribution in [1.82, 2.24) is 5.32 Å². The Balaban J connectivity index is 1.51. The van der Waals surface area contributed by atoms with E-state index in [1.165, 1.54) is 25.7 Å². The average molecular weight is 249 g/mol. The fraction of sp³-hybridized carbons (Fsp3) is 0.600. The van der Waals surface area contributed by atoms with E-state index in [4.69, 9.17) is 9.47 Å². The van der Waals surface area contributed by atoms with Crippen molar-refractivity contribution < 1.29 is 9.47 Å². The quantitative estimate of drug-likeness (QED) is 0.719. The molecule has 1 aliphatic carbocycles. The van der Waals surface area contributed by atoms with E-state index < -0.39 is 0 Å². The zero-order chi connectivity index (χ0) is 12.6. The van der Waals surface area contributed by atoms with Crippen LogP contribution in [-0.4, -0.2) is 26.8 Å². The molecule has 0 saturated heterocycles. The Kier molecular flexibility index (Phi) is 5.34. The second kappa shape index (κ2) is 7.27. The van der Waals surface area contributed by atoms with Gasteiger partial charge in [-0.05, 0) is 43.1 Å². The Morgan fingerprint density at radius 3 is 2.44 bits per heavy atom. The van der Waals surface area contributed by atoms with Crippen LogP contribution in [0, 0.1) is 5.92 Å². The Bertz CT molecular complexity index is 333. The summed E-state index contributed by atoms with van der Waals surface area (Å²) in [4.78, 5) is 0. The molecule has 0 bridgehead atoms. The minimum absolute atomic E-state index is 0.719.